The molecule has 2 aromatic rings. The lowest BCUT2D eigenvalue weighted by Crippen LogP contribution is -2.50. The van der Waals surface area contributed by atoms with E-state index < -0.39 is 18.2 Å². The van der Waals surface area contributed by atoms with E-state index in [0.717, 1.165) is 18.8 Å². The Kier molecular flexibility index (Phi) is 5.79. The molecule has 0 amide bonds. The molecule has 1 fully saturated rings. The smallest absolute Gasteiger partial charge is 0.191 e. The van der Waals surface area contributed by atoms with Crippen molar-refractivity contribution in [2.75, 3.05) is 31.1 Å². The van der Waals surface area contributed by atoms with Crippen LogP contribution in [0.25, 0.3) is 0 Å². The highest BCUT2D eigenvalue weighted by Crippen LogP contribution is 2.19. The molecule has 132 valence electrons. The lowest BCUT2D eigenvalue weighted by Gasteiger charge is -2.37. The predicted molar refractivity (Wildman–Crippen MR) is 96.5 cm³/mol. The second-order valence-corrected chi connectivity index (χ2v) is 6.27. The fourth-order valence-corrected chi connectivity index (χ4v) is 3.13. The first-order valence-electron chi connectivity index (χ1n) is 8.60. The molecule has 0 spiro atoms. The summed E-state index contributed by atoms with van der Waals surface area (Å²) < 4.78 is 14.5. The molecule has 2 aromatic carbocycles. The Hall–Kier alpha value is -2.24. The van der Waals surface area contributed by atoms with Crippen LogP contribution in [0.15, 0.2) is 60.7 Å². The molecule has 5 heteroatoms. The highest BCUT2D eigenvalue weighted by molar-refractivity contribution is 5.99. The van der Waals surface area contributed by atoms with E-state index >= 15 is 0 Å². The van der Waals surface area contributed by atoms with Crippen LogP contribution in [0, 0.1) is 0 Å². The van der Waals surface area contributed by atoms with Crippen LogP contribution in [0.4, 0.5) is 10.1 Å². The first-order chi connectivity index (χ1) is 12.1. The molecule has 0 bridgehead atoms. The minimum Gasteiger partial charge on any atom is -0.385 e. The topological polar surface area (TPSA) is 43.8 Å². The Morgan fingerprint density at radius 2 is 1.52 bits per heavy atom. The van der Waals surface area contributed by atoms with Gasteiger partial charge in [0.2, 0.25) is 0 Å². The summed E-state index contributed by atoms with van der Waals surface area (Å²) in [6.07, 6.45) is -2.83. The summed E-state index contributed by atoms with van der Waals surface area (Å²) in [6, 6.07) is 18.6. The number of aliphatic hydroxyl groups is 1. The maximum atomic E-state index is 14.5. The number of nitrogens with zero attached hydrogens (tertiary/aromatic N) is 2. The van der Waals surface area contributed by atoms with E-state index in [1.807, 2.05) is 30.3 Å². The first-order valence-corrected chi connectivity index (χ1v) is 8.60. The van der Waals surface area contributed by atoms with Crippen LogP contribution in [-0.4, -0.2) is 54.4 Å². The molecule has 4 nitrogen and oxygen atoms in total. The molecular formula is C20H23FN2O2. The number of aliphatic hydroxyl groups excluding tert-OH is 1. The van der Waals surface area contributed by atoms with E-state index in [1.165, 1.54) is 0 Å². The molecule has 2 atom stereocenters. The van der Waals surface area contributed by atoms with E-state index in [9.17, 15) is 14.3 Å². The summed E-state index contributed by atoms with van der Waals surface area (Å²) in [4.78, 5) is 16.1. The zero-order valence-electron chi connectivity index (χ0n) is 14.1. The molecule has 2 unspecified atom stereocenters. The molecule has 0 radical (unpaired) electrons. The van der Waals surface area contributed by atoms with Gasteiger partial charge in [-0.15, -0.1) is 0 Å². The van der Waals surface area contributed by atoms with E-state index in [1.54, 1.807) is 35.2 Å². The number of ketones is 1. The van der Waals surface area contributed by atoms with Gasteiger partial charge in [0.05, 0.1) is 0 Å². The number of hydrogen-bond acceptors (Lipinski definition) is 4. The Morgan fingerprint density at radius 3 is 2.12 bits per heavy atom. The highest BCUT2D eigenvalue weighted by atomic mass is 19.1. The van der Waals surface area contributed by atoms with Gasteiger partial charge in [0.1, 0.15) is 6.10 Å². The van der Waals surface area contributed by atoms with Gasteiger partial charge in [-0.25, -0.2) is 4.39 Å². The van der Waals surface area contributed by atoms with Gasteiger partial charge < -0.3 is 10.0 Å². The largest absolute Gasteiger partial charge is 0.385 e. The monoisotopic (exact) mass is 342 g/mol. The lowest BCUT2D eigenvalue weighted by molar-refractivity contribution is 0.0253. The van der Waals surface area contributed by atoms with Gasteiger partial charge in [-0.2, -0.15) is 0 Å². The average Bonchev–Trinajstić information content (AvgIpc) is 2.68. The normalized spacial score (nSPS) is 17.9. The Bertz CT molecular complexity index is 673. The number of alkyl halides is 1. The number of para-hydroxylation sites is 1. The van der Waals surface area contributed by atoms with Gasteiger partial charge in [0, 0.05) is 43.9 Å². The third kappa shape index (κ3) is 4.44. The van der Waals surface area contributed by atoms with Gasteiger partial charge in [0.25, 0.3) is 0 Å². The van der Waals surface area contributed by atoms with Crippen LogP contribution in [0.2, 0.25) is 0 Å². The summed E-state index contributed by atoms with van der Waals surface area (Å²) in [5, 5.41) is 10.1. The number of carbonyl (C=O) groups is 1. The molecule has 0 saturated carbocycles. The molecule has 1 aliphatic heterocycles. The van der Waals surface area contributed by atoms with Crippen molar-refractivity contribution in [3.8, 4) is 0 Å². The quantitative estimate of drug-likeness (QED) is 0.648. The van der Waals surface area contributed by atoms with Crippen molar-refractivity contribution < 1.29 is 14.3 Å². The highest BCUT2D eigenvalue weighted by Gasteiger charge is 2.28. The van der Waals surface area contributed by atoms with Crippen LogP contribution in [0.3, 0.4) is 0 Å². The molecule has 25 heavy (non-hydrogen) atoms. The summed E-state index contributed by atoms with van der Waals surface area (Å²) >= 11 is 0. The second-order valence-electron chi connectivity index (χ2n) is 6.27. The van der Waals surface area contributed by atoms with E-state index in [2.05, 4.69) is 4.90 Å². The Balaban J connectivity index is 1.51. The van der Waals surface area contributed by atoms with Crippen molar-refractivity contribution in [2.45, 2.75) is 18.8 Å². The SMILES string of the molecule is O=C(c1ccccc1)C(O)CC(F)N1CCN(c2ccccc2)CC1. The van der Waals surface area contributed by atoms with Gasteiger partial charge >= 0.3 is 0 Å². The summed E-state index contributed by atoms with van der Waals surface area (Å²) in [5.41, 5.74) is 1.55. The van der Waals surface area contributed by atoms with E-state index in [4.69, 9.17) is 0 Å². The number of hydrogen-bond donors (Lipinski definition) is 1. The number of Topliss-reactive ketones (excluding diaryl/α,β-unsaturated/α-hetero) is 1. The van der Waals surface area contributed by atoms with E-state index in [-0.39, 0.29) is 6.42 Å². The van der Waals surface area contributed by atoms with Crippen molar-refractivity contribution >= 4 is 11.5 Å². The molecule has 3 rings (SSSR count). The molecule has 1 heterocycles. The number of rotatable bonds is 6. The molecule has 0 aromatic heterocycles. The Morgan fingerprint density at radius 1 is 0.960 bits per heavy atom. The fourth-order valence-electron chi connectivity index (χ4n) is 3.13. The van der Waals surface area contributed by atoms with E-state index in [0.29, 0.717) is 18.7 Å². The fraction of sp³-hybridized carbons (Fsp3) is 0.350. The molecule has 1 N–H and O–H groups in total. The molecule has 1 aliphatic rings. The third-order valence-corrected chi connectivity index (χ3v) is 4.61. The van der Waals surface area contributed by atoms with Crippen molar-refractivity contribution in [3.05, 3.63) is 66.2 Å². The van der Waals surface area contributed by atoms with Gasteiger partial charge in [-0.05, 0) is 12.1 Å². The minimum atomic E-state index is -1.32. The summed E-state index contributed by atoms with van der Waals surface area (Å²) in [7, 11) is 0. The summed E-state index contributed by atoms with van der Waals surface area (Å²) in [6.45, 7) is 2.60. The number of carbonyl (C=O) groups excluding carboxylic acids is 1. The van der Waals surface area contributed by atoms with Crippen molar-refractivity contribution in [1.29, 1.82) is 0 Å². The predicted octanol–water partition coefficient (Wildman–Crippen LogP) is 2.74. The minimum absolute atomic E-state index is 0.195. The van der Waals surface area contributed by atoms with Crippen LogP contribution >= 0.6 is 0 Å². The van der Waals surface area contributed by atoms with Crippen LogP contribution in [-0.2, 0) is 0 Å². The third-order valence-electron chi connectivity index (χ3n) is 4.61. The molecular weight excluding hydrogens is 319 g/mol. The summed E-state index contributed by atoms with van der Waals surface area (Å²) in [5.74, 6) is -0.425. The van der Waals surface area contributed by atoms with Gasteiger partial charge in [-0.3, -0.25) is 9.69 Å². The zero-order valence-corrected chi connectivity index (χ0v) is 14.1. The van der Waals surface area contributed by atoms with Crippen LogP contribution in [0.5, 0.6) is 0 Å². The zero-order chi connectivity index (χ0) is 17.6. The standard InChI is InChI=1S/C20H23FN2O2/c21-19(15-18(24)20(25)16-7-3-1-4-8-16)23-13-11-22(12-14-23)17-9-5-2-6-10-17/h1-10,18-19,24H,11-15H2. The molecule has 1 saturated heterocycles. The average molecular weight is 342 g/mol. The maximum Gasteiger partial charge on any atom is 0.191 e. The van der Waals surface area contributed by atoms with Crippen molar-refractivity contribution in [2.24, 2.45) is 0 Å². The number of halogens is 1. The first kappa shape index (κ1) is 17.6. The number of benzene rings is 2. The molecule has 0 aliphatic carbocycles. The Labute approximate surface area is 147 Å². The van der Waals surface area contributed by atoms with Gasteiger partial charge in [-0.1, -0.05) is 48.5 Å². The second kappa shape index (κ2) is 8.23. The number of anilines is 1. The van der Waals surface area contributed by atoms with Crippen molar-refractivity contribution in [3.63, 3.8) is 0 Å². The van der Waals surface area contributed by atoms with Crippen LogP contribution in [0.1, 0.15) is 16.8 Å². The maximum absolute atomic E-state index is 14.5. The van der Waals surface area contributed by atoms with Gasteiger partial charge in [0.15, 0.2) is 12.1 Å². The lowest BCUT2D eigenvalue weighted by atomic mass is 10.0. The van der Waals surface area contributed by atoms with Crippen molar-refractivity contribution in [1.82, 2.24) is 4.90 Å². The number of piperazine rings is 1. The van der Waals surface area contributed by atoms with Crippen LogP contribution < -0.4 is 4.90 Å².